The highest BCUT2D eigenvalue weighted by Gasteiger charge is 2.19. The molecule has 0 aliphatic heterocycles. The number of hydrogen-bond donors (Lipinski definition) is 1. The zero-order chi connectivity index (χ0) is 17.7. The van der Waals surface area contributed by atoms with Crippen LogP contribution in [0, 0.1) is 0 Å². The second kappa shape index (κ2) is 7.27. The molecule has 2 rings (SSSR count). The van der Waals surface area contributed by atoms with Crippen molar-refractivity contribution in [2.24, 2.45) is 7.05 Å². The lowest BCUT2D eigenvalue weighted by Crippen LogP contribution is -2.30. The fraction of sp³-hybridized carbons (Fsp3) is 0.308. The van der Waals surface area contributed by atoms with Gasteiger partial charge >= 0.3 is 11.9 Å². The van der Waals surface area contributed by atoms with E-state index in [-0.39, 0.29) is 22.8 Å². The molecule has 0 fully saturated rings. The first kappa shape index (κ1) is 17.7. The molecule has 130 valence electrons. The third kappa shape index (κ3) is 4.20. The van der Waals surface area contributed by atoms with Crippen molar-refractivity contribution in [1.82, 2.24) is 14.5 Å². The standard InChI is InChI=1S/C13H15N3O7S/c1-16-7-9(5-14-16)24(19,20)15-6-12(17)23-8-11-10(3-4-22-11)13(18)21-2/h3-5,7,15H,6,8H2,1-2H3. The first-order valence-corrected chi connectivity index (χ1v) is 8.10. The lowest BCUT2D eigenvalue weighted by atomic mass is 10.2. The number of sulfonamides is 1. The van der Waals surface area contributed by atoms with Crippen molar-refractivity contribution in [3.63, 3.8) is 0 Å². The van der Waals surface area contributed by atoms with Gasteiger partial charge in [-0.05, 0) is 6.07 Å². The van der Waals surface area contributed by atoms with E-state index < -0.39 is 28.5 Å². The predicted molar refractivity (Wildman–Crippen MR) is 78.2 cm³/mol. The summed E-state index contributed by atoms with van der Waals surface area (Å²) < 4.78 is 41.7. The van der Waals surface area contributed by atoms with Gasteiger partial charge < -0.3 is 13.9 Å². The largest absolute Gasteiger partial charge is 0.465 e. The number of hydrogen-bond acceptors (Lipinski definition) is 8. The highest BCUT2D eigenvalue weighted by atomic mass is 32.2. The summed E-state index contributed by atoms with van der Waals surface area (Å²) in [5, 5.41) is 3.74. The maximum absolute atomic E-state index is 11.9. The molecule has 2 heterocycles. The number of rotatable bonds is 7. The van der Waals surface area contributed by atoms with Gasteiger partial charge in [0.25, 0.3) is 0 Å². The highest BCUT2D eigenvalue weighted by molar-refractivity contribution is 7.89. The van der Waals surface area contributed by atoms with Crippen LogP contribution in [-0.2, 0) is 37.9 Å². The van der Waals surface area contributed by atoms with Gasteiger partial charge in [0, 0.05) is 13.2 Å². The lowest BCUT2D eigenvalue weighted by molar-refractivity contribution is -0.144. The first-order chi connectivity index (χ1) is 11.3. The smallest absolute Gasteiger partial charge is 0.341 e. The Balaban J connectivity index is 1.88. The fourth-order valence-electron chi connectivity index (χ4n) is 1.72. The van der Waals surface area contributed by atoms with Crippen LogP contribution in [-0.4, -0.2) is 43.8 Å². The number of furan rings is 1. The minimum absolute atomic E-state index is 0.0724. The number of methoxy groups -OCH3 is 1. The minimum Gasteiger partial charge on any atom is -0.465 e. The Morgan fingerprint density at radius 1 is 1.42 bits per heavy atom. The van der Waals surface area contributed by atoms with Crippen molar-refractivity contribution in [2.45, 2.75) is 11.5 Å². The van der Waals surface area contributed by atoms with Crippen LogP contribution < -0.4 is 4.72 Å². The zero-order valence-corrected chi connectivity index (χ0v) is 13.7. The number of aromatic nitrogens is 2. The molecular weight excluding hydrogens is 342 g/mol. The number of nitrogens with zero attached hydrogens (tertiary/aromatic N) is 2. The molecule has 0 spiro atoms. The Bertz CT molecular complexity index is 837. The third-order valence-corrected chi connectivity index (χ3v) is 4.27. The van der Waals surface area contributed by atoms with Crippen LogP contribution >= 0.6 is 0 Å². The number of nitrogens with one attached hydrogen (secondary N) is 1. The molecule has 24 heavy (non-hydrogen) atoms. The lowest BCUT2D eigenvalue weighted by Gasteiger charge is -2.06. The van der Waals surface area contributed by atoms with E-state index in [1.54, 1.807) is 7.05 Å². The molecule has 0 aromatic carbocycles. The molecule has 0 radical (unpaired) electrons. The van der Waals surface area contributed by atoms with Crippen molar-refractivity contribution in [3.8, 4) is 0 Å². The molecule has 0 saturated carbocycles. The number of aryl methyl sites for hydroxylation is 1. The molecule has 2 aromatic heterocycles. The van der Waals surface area contributed by atoms with Crippen LogP contribution in [0.1, 0.15) is 16.1 Å². The van der Waals surface area contributed by atoms with Crippen LogP contribution in [0.3, 0.4) is 0 Å². The van der Waals surface area contributed by atoms with Gasteiger partial charge in [0.05, 0.1) is 19.6 Å². The summed E-state index contributed by atoms with van der Waals surface area (Å²) >= 11 is 0. The van der Waals surface area contributed by atoms with Crippen molar-refractivity contribution < 1.29 is 31.9 Å². The van der Waals surface area contributed by atoms with E-state index in [9.17, 15) is 18.0 Å². The Morgan fingerprint density at radius 3 is 2.79 bits per heavy atom. The maximum Gasteiger partial charge on any atom is 0.341 e. The van der Waals surface area contributed by atoms with Gasteiger partial charge in [0.2, 0.25) is 10.0 Å². The van der Waals surface area contributed by atoms with Crippen molar-refractivity contribution >= 4 is 22.0 Å². The van der Waals surface area contributed by atoms with Crippen LogP contribution in [0.4, 0.5) is 0 Å². The van der Waals surface area contributed by atoms with Crippen LogP contribution in [0.25, 0.3) is 0 Å². The van der Waals surface area contributed by atoms with Gasteiger partial charge in [0.1, 0.15) is 23.6 Å². The highest BCUT2D eigenvalue weighted by Crippen LogP contribution is 2.13. The molecule has 0 bridgehead atoms. The van der Waals surface area contributed by atoms with E-state index in [4.69, 9.17) is 9.15 Å². The molecule has 1 N–H and O–H groups in total. The summed E-state index contributed by atoms with van der Waals surface area (Å²) in [6.45, 7) is -0.906. The van der Waals surface area contributed by atoms with Gasteiger partial charge in [0.15, 0.2) is 5.76 Å². The van der Waals surface area contributed by atoms with Gasteiger partial charge in [-0.15, -0.1) is 0 Å². The number of esters is 2. The minimum atomic E-state index is -3.86. The topological polar surface area (TPSA) is 130 Å². The molecular formula is C13H15N3O7S. The second-order valence-corrected chi connectivity index (χ2v) is 6.35. The quantitative estimate of drug-likeness (QED) is 0.676. The fourth-order valence-corrected chi connectivity index (χ4v) is 2.67. The summed E-state index contributed by atoms with van der Waals surface area (Å²) in [6.07, 6.45) is 3.69. The second-order valence-electron chi connectivity index (χ2n) is 4.58. The van der Waals surface area contributed by atoms with Gasteiger partial charge in [-0.1, -0.05) is 0 Å². The van der Waals surface area contributed by atoms with E-state index in [0.717, 1.165) is 6.20 Å². The Hall–Kier alpha value is -2.66. The van der Waals surface area contributed by atoms with Gasteiger partial charge in [-0.25, -0.2) is 13.2 Å². The summed E-state index contributed by atoms with van der Waals surface area (Å²) in [6, 6.07) is 1.38. The average molecular weight is 357 g/mol. The predicted octanol–water partition coefficient (Wildman–Crippen LogP) is -0.179. The molecule has 0 unspecified atom stereocenters. The first-order valence-electron chi connectivity index (χ1n) is 6.62. The Kier molecular flexibility index (Phi) is 5.36. The average Bonchev–Trinajstić information content (AvgIpc) is 3.19. The molecule has 11 heteroatoms. The van der Waals surface area contributed by atoms with E-state index in [0.29, 0.717) is 0 Å². The van der Waals surface area contributed by atoms with E-state index in [2.05, 4.69) is 14.6 Å². The van der Waals surface area contributed by atoms with E-state index in [1.165, 1.54) is 30.3 Å². The maximum atomic E-state index is 11.9. The van der Waals surface area contributed by atoms with Crippen molar-refractivity contribution in [2.75, 3.05) is 13.7 Å². The molecule has 0 saturated heterocycles. The van der Waals surface area contributed by atoms with Gasteiger partial charge in [-0.3, -0.25) is 9.48 Å². The van der Waals surface area contributed by atoms with Crippen molar-refractivity contribution in [3.05, 3.63) is 36.0 Å². The summed E-state index contributed by atoms with van der Waals surface area (Å²) in [5.74, 6) is -1.37. The molecule has 0 atom stereocenters. The van der Waals surface area contributed by atoms with Crippen LogP contribution in [0.5, 0.6) is 0 Å². The number of ether oxygens (including phenoxy) is 2. The normalized spacial score (nSPS) is 11.2. The van der Waals surface area contributed by atoms with Gasteiger partial charge in [-0.2, -0.15) is 9.82 Å². The Labute approximate surface area is 137 Å². The SMILES string of the molecule is COC(=O)c1ccoc1COC(=O)CNS(=O)(=O)c1cnn(C)c1. The third-order valence-electron chi connectivity index (χ3n) is 2.91. The summed E-state index contributed by atoms with van der Waals surface area (Å²) in [4.78, 5) is 23.0. The Morgan fingerprint density at radius 2 is 2.17 bits per heavy atom. The molecule has 0 aliphatic carbocycles. The molecule has 0 amide bonds. The van der Waals surface area contributed by atoms with Crippen molar-refractivity contribution in [1.29, 1.82) is 0 Å². The summed E-state index contributed by atoms with van der Waals surface area (Å²) in [7, 11) is -1.09. The number of carbonyl (C=O) groups is 2. The van der Waals surface area contributed by atoms with Crippen LogP contribution in [0.15, 0.2) is 34.0 Å². The molecule has 2 aromatic rings. The number of carbonyl (C=O) groups excluding carboxylic acids is 2. The van der Waals surface area contributed by atoms with E-state index >= 15 is 0 Å². The molecule has 10 nitrogen and oxygen atoms in total. The van der Waals surface area contributed by atoms with E-state index in [1.807, 2.05) is 0 Å². The summed E-state index contributed by atoms with van der Waals surface area (Å²) in [5.41, 5.74) is 0.126. The molecule has 0 aliphatic rings. The monoisotopic (exact) mass is 357 g/mol. The zero-order valence-electron chi connectivity index (χ0n) is 12.9. The van der Waals surface area contributed by atoms with Crippen LogP contribution in [0.2, 0.25) is 0 Å².